The zero-order valence-corrected chi connectivity index (χ0v) is 19.8. The van der Waals surface area contributed by atoms with Crippen LogP contribution in [0.1, 0.15) is 23.5 Å². The van der Waals surface area contributed by atoms with Crippen LogP contribution in [-0.2, 0) is 35.2 Å². The van der Waals surface area contributed by atoms with Gasteiger partial charge in [0, 0.05) is 38.3 Å². The molecule has 2 aliphatic rings. The summed E-state index contributed by atoms with van der Waals surface area (Å²) in [5, 5.41) is 0. The molecule has 2 saturated heterocycles. The molecule has 2 aliphatic heterocycles. The molecule has 0 aliphatic carbocycles. The zero-order chi connectivity index (χ0) is 24.1. The quantitative estimate of drug-likeness (QED) is 0.433. The molecule has 0 saturated carbocycles. The lowest BCUT2D eigenvalue weighted by molar-refractivity contribution is -0.143. The predicted molar refractivity (Wildman–Crippen MR) is 125 cm³/mol. The molecule has 182 valence electrons. The van der Waals surface area contributed by atoms with E-state index in [0.717, 1.165) is 23.1 Å². The minimum Gasteiger partial charge on any atom is -0.459 e. The maximum Gasteiger partial charge on any atom is 0.410 e. The fraction of sp³-hybridized carbons (Fsp3) is 0.417. The number of carbonyl (C=O) groups excluding carboxylic acids is 2. The molecule has 2 fully saturated rings. The van der Waals surface area contributed by atoms with Crippen LogP contribution in [-0.4, -0.2) is 70.5 Å². The molecule has 0 radical (unpaired) electrons. The first kappa shape index (κ1) is 24.0. The van der Waals surface area contributed by atoms with Gasteiger partial charge in [-0.3, -0.25) is 8.98 Å². The van der Waals surface area contributed by atoms with E-state index in [1.807, 2.05) is 54.6 Å². The largest absolute Gasteiger partial charge is 0.459 e. The monoisotopic (exact) mass is 488 g/mol. The Hall–Kier alpha value is -3.11. The lowest BCUT2D eigenvalue weighted by Gasteiger charge is -2.35. The van der Waals surface area contributed by atoms with Crippen LogP contribution in [0, 0.1) is 0 Å². The molecule has 34 heavy (non-hydrogen) atoms. The van der Waals surface area contributed by atoms with Gasteiger partial charge in [-0.05, 0) is 23.3 Å². The zero-order valence-electron chi connectivity index (χ0n) is 19.0. The van der Waals surface area contributed by atoms with Gasteiger partial charge in [0.1, 0.15) is 19.3 Å². The lowest BCUT2D eigenvalue weighted by Crippen LogP contribution is -2.48. The highest BCUT2D eigenvalue weighted by Crippen LogP contribution is 2.32. The molecular formula is C24H28N2O7S. The second kappa shape index (κ2) is 10.4. The molecule has 0 spiro atoms. The summed E-state index contributed by atoms with van der Waals surface area (Å²) in [7, 11) is -3.58. The number of carbonyl (C=O) groups is 2. The van der Waals surface area contributed by atoms with E-state index in [2.05, 4.69) is 4.90 Å². The topological polar surface area (TPSA) is 102 Å². The SMILES string of the molecule is CS(=O)(=O)OCC1C[C@H](c2ccc(N3CCN(C(=O)OCc4ccccc4)CC3)cc2)C(=O)O1. The fourth-order valence-corrected chi connectivity index (χ4v) is 4.50. The van der Waals surface area contributed by atoms with Crippen molar-refractivity contribution in [2.24, 2.45) is 0 Å². The summed E-state index contributed by atoms with van der Waals surface area (Å²) in [6, 6.07) is 17.3. The number of rotatable bonds is 7. The number of amides is 1. The van der Waals surface area contributed by atoms with Crippen LogP contribution in [0.3, 0.4) is 0 Å². The Labute approximate surface area is 199 Å². The van der Waals surface area contributed by atoms with Crippen LogP contribution >= 0.6 is 0 Å². The predicted octanol–water partition coefficient (Wildman–Crippen LogP) is 2.52. The van der Waals surface area contributed by atoms with Crippen molar-refractivity contribution in [2.45, 2.75) is 25.0 Å². The van der Waals surface area contributed by atoms with Crippen LogP contribution in [0.4, 0.5) is 10.5 Å². The van der Waals surface area contributed by atoms with Gasteiger partial charge in [0.15, 0.2) is 0 Å². The maximum absolute atomic E-state index is 12.4. The fourth-order valence-electron chi connectivity index (χ4n) is 4.10. The summed E-state index contributed by atoms with van der Waals surface area (Å²) < 4.78 is 37.8. The Kier molecular flexibility index (Phi) is 7.38. The minimum absolute atomic E-state index is 0.169. The average molecular weight is 489 g/mol. The van der Waals surface area contributed by atoms with E-state index in [-0.39, 0.29) is 25.3 Å². The lowest BCUT2D eigenvalue weighted by atomic mass is 9.95. The Bertz CT molecular complexity index is 1100. The Morgan fingerprint density at radius 3 is 2.35 bits per heavy atom. The first-order valence-corrected chi connectivity index (χ1v) is 13.0. The third-order valence-electron chi connectivity index (χ3n) is 5.94. The molecule has 2 atom stereocenters. The smallest absolute Gasteiger partial charge is 0.410 e. The van der Waals surface area contributed by atoms with E-state index < -0.39 is 22.1 Å². The van der Waals surface area contributed by atoms with Crippen LogP contribution in [0.2, 0.25) is 0 Å². The average Bonchev–Trinajstić information content (AvgIpc) is 3.22. The van der Waals surface area contributed by atoms with Crippen LogP contribution in [0.5, 0.6) is 0 Å². The summed E-state index contributed by atoms with van der Waals surface area (Å²) in [6.07, 6.45) is 0.444. The molecule has 2 heterocycles. The molecule has 0 bridgehead atoms. The normalized spacial score (nSPS) is 20.8. The molecule has 9 nitrogen and oxygen atoms in total. The van der Waals surface area contributed by atoms with E-state index in [1.165, 1.54) is 0 Å². The van der Waals surface area contributed by atoms with Gasteiger partial charge >= 0.3 is 12.1 Å². The molecular weight excluding hydrogens is 460 g/mol. The van der Waals surface area contributed by atoms with Crippen LogP contribution in [0.15, 0.2) is 54.6 Å². The van der Waals surface area contributed by atoms with Crippen molar-refractivity contribution in [1.82, 2.24) is 4.90 Å². The molecule has 2 aromatic carbocycles. The first-order valence-electron chi connectivity index (χ1n) is 11.1. The summed E-state index contributed by atoms with van der Waals surface area (Å²) in [5.74, 6) is -0.823. The Morgan fingerprint density at radius 1 is 1.03 bits per heavy atom. The van der Waals surface area contributed by atoms with Crippen molar-refractivity contribution in [3.05, 3.63) is 65.7 Å². The number of hydrogen-bond donors (Lipinski definition) is 0. The van der Waals surface area contributed by atoms with Crippen molar-refractivity contribution in [3.8, 4) is 0 Å². The van der Waals surface area contributed by atoms with E-state index in [0.29, 0.717) is 32.6 Å². The van der Waals surface area contributed by atoms with Gasteiger partial charge < -0.3 is 19.3 Å². The number of cyclic esters (lactones) is 1. The molecule has 0 aromatic heterocycles. The molecule has 2 aromatic rings. The number of anilines is 1. The summed E-state index contributed by atoms with van der Waals surface area (Å²) in [4.78, 5) is 28.5. The van der Waals surface area contributed by atoms with Gasteiger partial charge in [-0.15, -0.1) is 0 Å². The number of benzene rings is 2. The van der Waals surface area contributed by atoms with Crippen molar-refractivity contribution in [2.75, 3.05) is 43.9 Å². The second-order valence-corrected chi connectivity index (χ2v) is 10.1. The van der Waals surface area contributed by atoms with Crippen molar-refractivity contribution in [1.29, 1.82) is 0 Å². The molecule has 0 N–H and O–H groups in total. The number of ether oxygens (including phenoxy) is 2. The standard InChI is InChI=1S/C24H28N2O7S/c1-34(29,30)32-17-21-15-22(23(27)33-21)19-7-9-20(10-8-19)25-11-13-26(14-12-25)24(28)31-16-18-5-3-2-4-6-18/h2-10,21-22H,11-17H2,1H3/t21?,22-/m1/s1. The van der Waals surface area contributed by atoms with Crippen molar-refractivity contribution < 1.29 is 31.7 Å². The first-order chi connectivity index (χ1) is 16.3. The Balaban J connectivity index is 1.26. The van der Waals surface area contributed by atoms with Crippen molar-refractivity contribution >= 4 is 27.9 Å². The number of piperazine rings is 1. The van der Waals surface area contributed by atoms with Gasteiger partial charge in [0.2, 0.25) is 0 Å². The van der Waals surface area contributed by atoms with E-state index in [9.17, 15) is 18.0 Å². The highest BCUT2D eigenvalue weighted by Gasteiger charge is 2.36. The summed E-state index contributed by atoms with van der Waals surface area (Å²) in [5.41, 5.74) is 2.78. The molecule has 4 rings (SSSR count). The van der Waals surface area contributed by atoms with Crippen molar-refractivity contribution in [3.63, 3.8) is 0 Å². The number of hydrogen-bond acceptors (Lipinski definition) is 8. The Morgan fingerprint density at radius 2 is 1.71 bits per heavy atom. The van der Waals surface area contributed by atoms with Gasteiger partial charge in [-0.1, -0.05) is 42.5 Å². The second-order valence-electron chi connectivity index (χ2n) is 8.44. The van der Waals surface area contributed by atoms with E-state index in [4.69, 9.17) is 13.7 Å². The third kappa shape index (κ3) is 6.27. The molecule has 1 unspecified atom stereocenters. The van der Waals surface area contributed by atoms with Gasteiger partial charge in [-0.2, -0.15) is 8.42 Å². The van der Waals surface area contributed by atoms with E-state index in [1.54, 1.807) is 4.90 Å². The van der Waals surface area contributed by atoms with Crippen LogP contribution in [0.25, 0.3) is 0 Å². The minimum atomic E-state index is -3.58. The number of esters is 1. The van der Waals surface area contributed by atoms with Gasteiger partial charge in [0.25, 0.3) is 10.1 Å². The highest BCUT2D eigenvalue weighted by atomic mass is 32.2. The van der Waals surface area contributed by atoms with Gasteiger partial charge in [-0.25, -0.2) is 4.79 Å². The summed E-state index contributed by atoms with van der Waals surface area (Å²) >= 11 is 0. The maximum atomic E-state index is 12.4. The summed E-state index contributed by atoms with van der Waals surface area (Å²) in [6.45, 7) is 2.56. The van der Waals surface area contributed by atoms with Gasteiger partial charge in [0.05, 0.1) is 12.2 Å². The highest BCUT2D eigenvalue weighted by molar-refractivity contribution is 7.85. The number of nitrogens with zero attached hydrogens (tertiary/aromatic N) is 2. The third-order valence-corrected chi connectivity index (χ3v) is 6.50. The van der Waals surface area contributed by atoms with Crippen LogP contribution < -0.4 is 4.90 Å². The van der Waals surface area contributed by atoms with E-state index >= 15 is 0 Å². The molecule has 1 amide bonds. The molecule has 10 heteroatoms.